The number of phenolic OH excluding ortho intramolecular Hbond substituents is 1. The molecule has 2 heterocycles. The van der Waals surface area contributed by atoms with E-state index in [-0.39, 0.29) is 30.4 Å². The maximum atomic E-state index is 12.5. The highest BCUT2D eigenvalue weighted by Crippen LogP contribution is 2.40. The summed E-state index contributed by atoms with van der Waals surface area (Å²) >= 11 is 1.29. The van der Waals surface area contributed by atoms with E-state index in [4.69, 9.17) is 4.74 Å². The number of carboxylic acids is 1. The van der Waals surface area contributed by atoms with Gasteiger partial charge >= 0.3 is 11.9 Å². The lowest BCUT2D eigenvalue weighted by atomic mass is 10.0. The lowest BCUT2D eigenvalue weighted by molar-refractivity contribution is -0.150. The van der Waals surface area contributed by atoms with Gasteiger partial charge in [-0.1, -0.05) is 0 Å². The molecule has 11 heteroatoms. The molecule has 0 aromatic heterocycles. The average molecular weight is 421 g/mol. The molecule has 1 aromatic rings. The smallest absolute Gasteiger partial charge is 0.352 e. The number of amides is 2. The lowest BCUT2D eigenvalue weighted by Crippen LogP contribution is -2.71. The molecule has 1 saturated heterocycles. The Morgan fingerprint density at radius 2 is 1.97 bits per heavy atom. The molecule has 2 aliphatic heterocycles. The van der Waals surface area contributed by atoms with Crippen molar-refractivity contribution >= 4 is 41.2 Å². The minimum Gasteiger partial charge on any atom is -0.508 e. The number of carboxylic acid groups (broad SMARTS) is 1. The number of esters is 1. The summed E-state index contributed by atoms with van der Waals surface area (Å²) in [5.41, 5.74) is 0.756. The molecule has 0 unspecified atom stereocenters. The van der Waals surface area contributed by atoms with Gasteiger partial charge in [-0.2, -0.15) is 0 Å². The van der Waals surface area contributed by atoms with Crippen LogP contribution in [0.3, 0.4) is 0 Å². The van der Waals surface area contributed by atoms with Crippen molar-refractivity contribution in [2.75, 3.05) is 24.2 Å². The summed E-state index contributed by atoms with van der Waals surface area (Å²) < 4.78 is 4.87. The van der Waals surface area contributed by atoms with Crippen molar-refractivity contribution in [3.63, 3.8) is 0 Å². The summed E-state index contributed by atoms with van der Waals surface area (Å²) in [5, 5.41) is 23.7. The quantitative estimate of drug-likeness (QED) is 0.274. The molecule has 154 valence electrons. The van der Waals surface area contributed by atoms with Gasteiger partial charge in [0.1, 0.15) is 29.5 Å². The molecular formula is C18H19N3O7S. The first kappa shape index (κ1) is 20.5. The number of β-lactam (4-membered cyclic amide) rings is 1. The Hall–Kier alpha value is -3.21. The number of rotatable bonds is 7. The van der Waals surface area contributed by atoms with E-state index in [1.807, 2.05) is 0 Å². The Balaban J connectivity index is 1.61. The Bertz CT molecular complexity index is 884. The first-order valence-corrected chi connectivity index (χ1v) is 9.68. The molecule has 0 bridgehead atoms. The predicted octanol–water partition coefficient (Wildman–Crippen LogP) is 0.106. The van der Waals surface area contributed by atoms with E-state index in [2.05, 4.69) is 10.6 Å². The number of fused-ring (bicyclic) bond motifs is 1. The number of thioether (sulfide) groups is 1. The van der Waals surface area contributed by atoms with Gasteiger partial charge in [-0.05, 0) is 24.3 Å². The summed E-state index contributed by atoms with van der Waals surface area (Å²) in [5.74, 6) is -2.42. The highest BCUT2D eigenvalue weighted by atomic mass is 32.2. The zero-order chi connectivity index (χ0) is 21.1. The molecular weight excluding hydrogens is 402 g/mol. The van der Waals surface area contributed by atoms with Gasteiger partial charge in [-0.15, -0.1) is 11.8 Å². The zero-order valence-electron chi connectivity index (χ0n) is 15.4. The molecule has 1 aromatic carbocycles. The fraction of sp³-hybridized carbons (Fsp3) is 0.333. The van der Waals surface area contributed by atoms with Gasteiger partial charge in [0, 0.05) is 23.9 Å². The van der Waals surface area contributed by atoms with E-state index in [1.165, 1.54) is 30.8 Å². The molecule has 10 nitrogen and oxygen atoms in total. The molecule has 1 fully saturated rings. The van der Waals surface area contributed by atoms with Crippen LogP contribution in [0.15, 0.2) is 35.5 Å². The van der Waals surface area contributed by atoms with E-state index in [9.17, 15) is 29.4 Å². The number of benzene rings is 1. The van der Waals surface area contributed by atoms with E-state index in [1.54, 1.807) is 12.1 Å². The van der Waals surface area contributed by atoms with Crippen molar-refractivity contribution in [2.45, 2.75) is 18.3 Å². The SMILES string of the molecule is CC(=O)OCC1=C(C(=O)O)N2C(=O)[C@@H](NC(=O)CNc3ccc(O)cc3)[C@H]2SC1. The average Bonchev–Trinajstić information content (AvgIpc) is 2.69. The third-order valence-corrected chi connectivity index (χ3v) is 5.68. The third kappa shape index (κ3) is 4.45. The lowest BCUT2D eigenvalue weighted by Gasteiger charge is -2.49. The van der Waals surface area contributed by atoms with Crippen molar-refractivity contribution in [3.8, 4) is 5.75 Å². The second-order valence-electron chi connectivity index (χ2n) is 6.39. The fourth-order valence-electron chi connectivity index (χ4n) is 2.97. The van der Waals surface area contributed by atoms with Gasteiger partial charge in [0.05, 0.1) is 6.54 Å². The molecule has 0 radical (unpaired) electrons. The molecule has 0 spiro atoms. The third-order valence-electron chi connectivity index (χ3n) is 4.34. The topological polar surface area (TPSA) is 145 Å². The van der Waals surface area contributed by atoms with Gasteiger partial charge < -0.3 is 25.6 Å². The second-order valence-corrected chi connectivity index (χ2v) is 7.50. The van der Waals surface area contributed by atoms with E-state index < -0.39 is 35.2 Å². The van der Waals surface area contributed by atoms with Crippen molar-refractivity contribution < 1.29 is 34.1 Å². The zero-order valence-corrected chi connectivity index (χ0v) is 16.2. The van der Waals surface area contributed by atoms with Gasteiger partial charge in [-0.25, -0.2) is 4.79 Å². The number of nitrogens with zero attached hydrogens (tertiary/aromatic N) is 1. The van der Waals surface area contributed by atoms with Gasteiger partial charge in [0.25, 0.3) is 5.91 Å². The van der Waals surface area contributed by atoms with Crippen molar-refractivity contribution in [2.24, 2.45) is 0 Å². The normalized spacial score (nSPS) is 20.4. The standard InChI is InChI=1S/C18H19N3O7S/c1-9(22)28-7-10-8-29-17-14(16(25)21(17)15(10)18(26)27)20-13(24)6-19-11-2-4-12(23)5-3-11/h2-5,14,17,19,23H,6-8H2,1H3,(H,20,24)(H,26,27)/t14-,17-/m1/s1. The molecule has 0 aliphatic carbocycles. The van der Waals surface area contributed by atoms with Crippen LogP contribution >= 0.6 is 11.8 Å². The molecule has 2 aliphatic rings. The van der Waals surface area contributed by atoms with Crippen LogP contribution in [0.4, 0.5) is 5.69 Å². The molecule has 3 rings (SSSR count). The number of nitrogens with one attached hydrogen (secondary N) is 2. The van der Waals surface area contributed by atoms with Crippen LogP contribution in [0.2, 0.25) is 0 Å². The number of ether oxygens (including phenoxy) is 1. The van der Waals surface area contributed by atoms with E-state index in [0.29, 0.717) is 11.3 Å². The van der Waals surface area contributed by atoms with Crippen LogP contribution in [0.5, 0.6) is 5.75 Å². The predicted molar refractivity (Wildman–Crippen MR) is 103 cm³/mol. The number of hydrogen-bond donors (Lipinski definition) is 4. The first-order chi connectivity index (χ1) is 13.8. The Morgan fingerprint density at radius 1 is 1.28 bits per heavy atom. The first-order valence-electron chi connectivity index (χ1n) is 8.63. The Kier molecular flexibility index (Phi) is 5.97. The van der Waals surface area contributed by atoms with Crippen LogP contribution in [-0.2, 0) is 23.9 Å². The van der Waals surface area contributed by atoms with Gasteiger partial charge in [0.2, 0.25) is 5.91 Å². The Morgan fingerprint density at radius 3 is 2.59 bits per heavy atom. The largest absolute Gasteiger partial charge is 0.508 e. The highest BCUT2D eigenvalue weighted by molar-refractivity contribution is 8.00. The number of carbonyl (C=O) groups excluding carboxylic acids is 3. The Labute approximate surface area is 169 Å². The number of phenols is 1. The van der Waals surface area contributed by atoms with Crippen LogP contribution in [0.1, 0.15) is 6.92 Å². The highest BCUT2D eigenvalue weighted by Gasteiger charge is 2.54. The molecule has 0 saturated carbocycles. The second kappa shape index (κ2) is 8.43. The minimum atomic E-state index is -1.29. The summed E-state index contributed by atoms with van der Waals surface area (Å²) in [7, 11) is 0. The number of aliphatic carboxylic acids is 1. The van der Waals surface area contributed by atoms with E-state index >= 15 is 0 Å². The number of carbonyl (C=O) groups is 4. The summed E-state index contributed by atoms with van der Waals surface area (Å²) in [6, 6.07) is 5.31. The summed E-state index contributed by atoms with van der Waals surface area (Å²) in [6.07, 6.45) is 0. The van der Waals surface area contributed by atoms with Gasteiger partial charge in [-0.3, -0.25) is 19.3 Å². The number of anilines is 1. The number of hydrogen-bond acceptors (Lipinski definition) is 8. The summed E-state index contributed by atoms with van der Waals surface area (Å²) in [6.45, 7) is 0.922. The molecule has 4 N–H and O–H groups in total. The summed E-state index contributed by atoms with van der Waals surface area (Å²) in [4.78, 5) is 48.4. The molecule has 2 amide bonds. The van der Waals surface area contributed by atoms with Crippen LogP contribution in [-0.4, -0.2) is 69.2 Å². The van der Waals surface area contributed by atoms with Crippen LogP contribution < -0.4 is 10.6 Å². The van der Waals surface area contributed by atoms with E-state index in [0.717, 1.165) is 4.90 Å². The van der Waals surface area contributed by atoms with Crippen LogP contribution in [0.25, 0.3) is 0 Å². The van der Waals surface area contributed by atoms with Crippen molar-refractivity contribution in [1.29, 1.82) is 0 Å². The molecule has 2 atom stereocenters. The van der Waals surface area contributed by atoms with Gasteiger partial charge in [0.15, 0.2) is 0 Å². The van der Waals surface area contributed by atoms with Crippen LogP contribution in [0, 0.1) is 0 Å². The number of aromatic hydroxyl groups is 1. The minimum absolute atomic E-state index is 0.0920. The van der Waals surface area contributed by atoms with Crippen molar-refractivity contribution in [3.05, 3.63) is 35.5 Å². The van der Waals surface area contributed by atoms with Crippen molar-refractivity contribution in [1.82, 2.24) is 10.2 Å². The monoisotopic (exact) mass is 421 g/mol. The maximum Gasteiger partial charge on any atom is 0.352 e. The fourth-order valence-corrected chi connectivity index (χ4v) is 4.30. The maximum absolute atomic E-state index is 12.5. The molecule has 29 heavy (non-hydrogen) atoms.